The van der Waals surface area contributed by atoms with Crippen LogP contribution in [0.15, 0.2) is 0 Å². The van der Waals surface area contributed by atoms with Crippen molar-refractivity contribution < 1.29 is 4.74 Å². The Morgan fingerprint density at radius 1 is 1.29 bits per heavy atom. The van der Waals surface area contributed by atoms with E-state index in [2.05, 4.69) is 12.2 Å². The zero-order chi connectivity index (χ0) is 9.97. The van der Waals surface area contributed by atoms with Crippen LogP contribution in [0.1, 0.15) is 26.2 Å². The fourth-order valence-corrected chi connectivity index (χ4v) is 2.90. The summed E-state index contributed by atoms with van der Waals surface area (Å²) in [6.45, 7) is 5.21. The molecule has 0 amide bonds. The number of nitrogens with one attached hydrogen (secondary N) is 1. The summed E-state index contributed by atoms with van der Waals surface area (Å²) in [5, 5.41) is 3.61. The van der Waals surface area contributed by atoms with E-state index in [0.717, 1.165) is 31.6 Å². The second-order valence-electron chi connectivity index (χ2n) is 4.86. The lowest BCUT2D eigenvalue weighted by Crippen LogP contribution is -2.53. The molecule has 14 heavy (non-hydrogen) atoms. The van der Waals surface area contributed by atoms with Crippen molar-refractivity contribution in [3.05, 3.63) is 0 Å². The summed E-state index contributed by atoms with van der Waals surface area (Å²) >= 11 is 0. The minimum Gasteiger partial charge on any atom is -0.381 e. The molecule has 3 heteroatoms. The Morgan fingerprint density at radius 3 is 2.64 bits per heavy atom. The van der Waals surface area contributed by atoms with Crippen molar-refractivity contribution in [2.24, 2.45) is 17.6 Å². The summed E-state index contributed by atoms with van der Waals surface area (Å²) in [6, 6.07) is 1.04. The van der Waals surface area contributed by atoms with Crippen LogP contribution in [0.2, 0.25) is 0 Å². The van der Waals surface area contributed by atoms with Crippen molar-refractivity contribution in [1.82, 2.24) is 5.32 Å². The molecule has 2 saturated heterocycles. The van der Waals surface area contributed by atoms with Gasteiger partial charge in [0.15, 0.2) is 0 Å². The first-order valence-electron chi connectivity index (χ1n) is 5.84. The summed E-state index contributed by atoms with van der Waals surface area (Å²) in [4.78, 5) is 0. The second-order valence-corrected chi connectivity index (χ2v) is 4.86. The summed E-state index contributed by atoms with van der Waals surface area (Å²) in [7, 11) is 0. The number of rotatable bonds is 1. The van der Waals surface area contributed by atoms with Crippen molar-refractivity contribution >= 4 is 0 Å². The maximum atomic E-state index is 5.93. The van der Waals surface area contributed by atoms with Gasteiger partial charge in [0.2, 0.25) is 0 Å². The highest BCUT2D eigenvalue weighted by Crippen LogP contribution is 2.27. The number of hydrogen-bond acceptors (Lipinski definition) is 3. The largest absolute Gasteiger partial charge is 0.381 e. The van der Waals surface area contributed by atoms with Crippen LogP contribution >= 0.6 is 0 Å². The van der Waals surface area contributed by atoms with Crippen LogP contribution in [0.3, 0.4) is 0 Å². The Balaban J connectivity index is 1.89. The van der Waals surface area contributed by atoms with E-state index in [4.69, 9.17) is 10.5 Å². The van der Waals surface area contributed by atoms with Gasteiger partial charge in [-0.05, 0) is 31.1 Å². The van der Waals surface area contributed by atoms with Crippen LogP contribution in [-0.4, -0.2) is 31.8 Å². The monoisotopic (exact) mass is 198 g/mol. The molecule has 3 nitrogen and oxygen atoms in total. The highest BCUT2D eigenvalue weighted by Gasteiger charge is 2.32. The summed E-state index contributed by atoms with van der Waals surface area (Å²) in [5.41, 5.74) is 5.93. The SMILES string of the molecule is CC1CC(N)CNC1C1CCOCC1. The number of piperidine rings is 1. The van der Waals surface area contributed by atoms with Crippen molar-refractivity contribution in [1.29, 1.82) is 0 Å². The van der Waals surface area contributed by atoms with Crippen molar-refractivity contribution in [2.45, 2.75) is 38.3 Å². The molecule has 2 rings (SSSR count). The van der Waals surface area contributed by atoms with Crippen LogP contribution in [0.25, 0.3) is 0 Å². The maximum absolute atomic E-state index is 5.93. The molecule has 0 radical (unpaired) electrons. The van der Waals surface area contributed by atoms with E-state index in [1.165, 1.54) is 19.3 Å². The summed E-state index contributed by atoms with van der Waals surface area (Å²) < 4.78 is 5.39. The third-order valence-corrected chi connectivity index (χ3v) is 3.68. The molecule has 2 heterocycles. The molecule has 3 atom stereocenters. The number of nitrogens with two attached hydrogens (primary N) is 1. The molecule has 3 N–H and O–H groups in total. The molecule has 0 aromatic carbocycles. The number of ether oxygens (including phenoxy) is 1. The molecule has 82 valence electrons. The fraction of sp³-hybridized carbons (Fsp3) is 1.00. The molecule has 3 unspecified atom stereocenters. The highest BCUT2D eigenvalue weighted by atomic mass is 16.5. The highest BCUT2D eigenvalue weighted by molar-refractivity contribution is 4.89. The first kappa shape index (κ1) is 10.4. The molecular formula is C11H22N2O. The zero-order valence-electron chi connectivity index (χ0n) is 9.04. The third-order valence-electron chi connectivity index (χ3n) is 3.68. The van der Waals surface area contributed by atoms with Gasteiger partial charge in [-0.25, -0.2) is 0 Å². The Morgan fingerprint density at radius 2 is 2.00 bits per heavy atom. The van der Waals surface area contributed by atoms with E-state index in [0.29, 0.717) is 12.1 Å². The fourth-order valence-electron chi connectivity index (χ4n) is 2.90. The minimum atomic E-state index is 0.362. The van der Waals surface area contributed by atoms with Crippen LogP contribution < -0.4 is 11.1 Å². The minimum absolute atomic E-state index is 0.362. The van der Waals surface area contributed by atoms with Crippen LogP contribution in [0, 0.1) is 11.8 Å². The average molecular weight is 198 g/mol. The van der Waals surface area contributed by atoms with Crippen molar-refractivity contribution in [2.75, 3.05) is 19.8 Å². The Hall–Kier alpha value is -0.120. The lowest BCUT2D eigenvalue weighted by Gasteiger charge is -2.40. The topological polar surface area (TPSA) is 47.3 Å². The Labute approximate surface area is 86.4 Å². The van der Waals surface area contributed by atoms with Crippen molar-refractivity contribution in [3.8, 4) is 0 Å². The standard InChI is InChI=1S/C11H22N2O/c1-8-6-10(12)7-13-11(8)9-2-4-14-5-3-9/h8-11,13H,2-7,12H2,1H3. The van der Waals surface area contributed by atoms with E-state index < -0.39 is 0 Å². The van der Waals surface area contributed by atoms with E-state index in [-0.39, 0.29) is 0 Å². The van der Waals surface area contributed by atoms with Gasteiger partial charge >= 0.3 is 0 Å². The van der Waals surface area contributed by atoms with Crippen LogP contribution in [0.5, 0.6) is 0 Å². The van der Waals surface area contributed by atoms with Gasteiger partial charge in [0.25, 0.3) is 0 Å². The molecule has 0 spiro atoms. The quantitative estimate of drug-likeness (QED) is 0.653. The average Bonchev–Trinajstić information content (AvgIpc) is 2.19. The molecule has 0 aliphatic carbocycles. The van der Waals surface area contributed by atoms with Gasteiger partial charge in [-0.1, -0.05) is 6.92 Å². The molecule has 0 aromatic heterocycles. The molecule has 0 bridgehead atoms. The van der Waals surface area contributed by atoms with Crippen LogP contribution in [0.4, 0.5) is 0 Å². The molecular weight excluding hydrogens is 176 g/mol. The van der Waals surface area contributed by atoms with E-state index >= 15 is 0 Å². The summed E-state index contributed by atoms with van der Waals surface area (Å²) in [6.07, 6.45) is 3.61. The first-order valence-corrected chi connectivity index (χ1v) is 5.84. The first-order chi connectivity index (χ1) is 6.77. The van der Waals surface area contributed by atoms with Gasteiger partial charge in [-0.2, -0.15) is 0 Å². The van der Waals surface area contributed by atoms with Gasteiger partial charge in [0.1, 0.15) is 0 Å². The predicted octanol–water partition coefficient (Wildman–Crippen LogP) is 0.738. The number of hydrogen-bond donors (Lipinski definition) is 2. The summed E-state index contributed by atoms with van der Waals surface area (Å²) in [5.74, 6) is 1.54. The van der Waals surface area contributed by atoms with Gasteiger partial charge < -0.3 is 15.8 Å². The zero-order valence-corrected chi connectivity index (χ0v) is 9.04. The molecule has 2 aliphatic heterocycles. The molecule has 0 saturated carbocycles. The van der Waals surface area contributed by atoms with Gasteiger partial charge in [-0.3, -0.25) is 0 Å². The molecule has 0 aromatic rings. The van der Waals surface area contributed by atoms with Gasteiger partial charge in [-0.15, -0.1) is 0 Å². The van der Waals surface area contributed by atoms with Gasteiger partial charge in [0, 0.05) is 31.8 Å². The van der Waals surface area contributed by atoms with Crippen LogP contribution in [-0.2, 0) is 4.74 Å². The smallest absolute Gasteiger partial charge is 0.0469 e. The Kier molecular flexibility index (Phi) is 3.42. The second kappa shape index (κ2) is 4.60. The van der Waals surface area contributed by atoms with E-state index in [1.807, 2.05) is 0 Å². The van der Waals surface area contributed by atoms with Crippen molar-refractivity contribution in [3.63, 3.8) is 0 Å². The Bertz CT molecular complexity index is 180. The van der Waals surface area contributed by atoms with Gasteiger partial charge in [0.05, 0.1) is 0 Å². The maximum Gasteiger partial charge on any atom is 0.0469 e. The molecule has 2 fully saturated rings. The lowest BCUT2D eigenvalue weighted by molar-refractivity contribution is 0.0397. The lowest BCUT2D eigenvalue weighted by atomic mass is 9.79. The third kappa shape index (κ3) is 2.27. The molecule has 2 aliphatic rings. The van der Waals surface area contributed by atoms with E-state index in [9.17, 15) is 0 Å². The normalized spacial score (nSPS) is 41.1. The van der Waals surface area contributed by atoms with E-state index in [1.54, 1.807) is 0 Å². The predicted molar refractivity (Wildman–Crippen MR) is 57.1 cm³/mol.